The molecule has 2 aromatic heterocycles. The van der Waals surface area contributed by atoms with Crippen LogP contribution in [0.15, 0.2) is 77.7 Å². The Balaban J connectivity index is 0.00000181. The lowest BCUT2D eigenvalue weighted by atomic mass is 10.1. The van der Waals surface area contributed by atoms with Crippen molar-refractivity contribution in [2.75, 3.05) is 37.6 Å². The van der Waals surface area contributed by atoms with Crippen LogP contribution in [0.1, 0.15) is 22.8 Å². The predicted molar refractivity (Wildman–Crippen MR) is 139 cm³/mol. The van der Waals surface area contributed by atoms with Crippen molar-refractivity contribution in [3.63, 3.8) is 0 Å². The quantitative estimate of drug-likeness (QED) is 0.454. The van der Waals surface area contributed by atoms with Crippen molar-refractivity contribution in [2.45, 2.75) is 19.5 Å². The first-order valence-corrected chi connectivity index (χ1v) is 10.5. The van der Waals surface area contributed by atoms with Crippen molar-refractivity contribution in [3.05, 3.63) is 84.4 Å². The number of nitrogens with zero attached hydrogens (tertiary/aromatic N) is 4. The summed E-state index contributed by atoms with van der Waals surface area (Å²) in [5, 5.41) is 0. The third-order valence-corrected chi connectivity index (χ3v) is 5.56. The maximum absolute atomic E-state index is 13.1. The summed E-state index contributed by atoms with van der Waals surface area (Å²) in [5.74, 6) is 0.580. The molecule has 1 aromatic carbocycles. The zero-order chi connectivity index (χ0) is 20.8. The van der Waals surface area contributed by atoms with Gasteiger partial charge < -0.3 is 4.42 Å². The summed E-state index contributed by atoms with van der Waals surface area (Å²) in [6, 6.07) is 17.9. The van der Waals surface area contributed by atoms with E-state index in [0.29, 0.717) is 11.4 Å². The van der Waals surface area contributed by atoms with Gasteiger partial charge in [-0.3, -0.25) is 19.5 Å². The molecule has 180 valence electrons. The normalized spacial score (nSPS) is 14.8. The largest absolute Gasteiger partial charge is 0.472 e. The summed E-state index contributed by atoms with van der Waals surface area (Å²) in [6.45, 7) is 7.92. The first-order chi connectivity index (χ1) is 14.7. The van der Waals surface area contributed by atoms with Crippen LogP contribution in [-0.4, -0.2) is 59.5 Å². The summed E-state index contributed by atoms with van der Waals surface area (Å²) in [7, 11) is 0. The molecule has 0 bridgehead atoms. The van der Waals surface area contributed by atoms with Gasteiger partial charge in [0.15, 0.2) is 0 Å². The van der Waals surface area contributed by atoms with Crippen LogP contribution in [0.3, 0.4) is 0 Å². The molecule has 33 heavy (non-hydrogen) atoms. The second-order valence-corrected chi connectivity index (χ2v) is 7.79. The number of rotatable bonds is 7. The molecule has 9 heteroatoms. The third kappa shape index (κ3) is 7.73. The minimum Gasteiger partial charge on any atom is -0.472 e. The Hall–Kier alpha value is -2.09. The number of pyridine rings is 1. The van der Waals surface area contributed by atoms with Crippen molar-refractivity contribution in [2.24, 2.45) is 0 Å². The average Bonchev–Trinajstić information content (AvgIpc) is 3.32. The Morgan fingerprint density at radius 2 is 1.64 bits per heavy atom. The van der Waals surface area contributed by atoms with E-state index in [4.69, 9.17) is 4.42 Å². The molecule has 6 nitrogen and oxygen atoms in total. The molecule has 3 heterocycles. The van der Waals surface area contributed by atoms with Gasteiger partial charge in [-0.25, -0.2) is 4.98 Å². The summed E-state index contributed by atoms with van der Waals surface area (Å²) >= 11 is 0. The van der Waals surface area contributed by atoms with Gasteiger partial charge in [-0.05, 0) is 30.7 Å². The predicted octanol–water partition coefficient (Wildman–Crippen LogP) is 4.79. The summed E-state index contributed by atoms with van der Waals surface area (Å²) in [5.41, 5.74) is 1.89. The molecule has 4 rings (SSSR count). The van der Waals surface area contributed by atoms with Crippen molar-refractivity contribution in [1.29, 1.82) is 0 Å². The molecule has 0 radical (unpaired) electrons. The Bertz CT molecular complexity index is 921. The van der Waals surface area contributed by atoms with Crippen LogP contribution in [0.5, 0.6) is 0 Å². The molecule has 0 saturated carbocycles. The fourth-order valence-electron chi connectivity index (χ4n) is 3.98. The van der Waals surface area contributed by atoms with Crippen LogP contribution < -0.4 is 4.90 Å². The van der Waals surface area contributed by atoms with E-state index >= 15 is 0 Å². The number of amides is 1. The smallest absolute Gasteiger partial charge is 0.262 e. The number of hydrogen-bond acceptors (Lipinski definition) is 5. The number of aromatic nitrogens is 1. The zero-order valence-electron chi connectivity index (χ0n) is 18.6. The van der Waals surface area contributed by atoms with Gasteiger partial charge in [0.1, 0.15) is 12.1 Å². The first kappa shape index (κ1) is 28.9. The molecule has 1 aliphatic heterocycles. The van der Waals surface area contributed by atoms with Crippen molar-refractivity contribution < 1.29 is 9.21 Å². The lowest BCUT2D eigenvalue weighted by molar-refractivity contribution is 0.0949. The van der Waals surface area contributed by atoms with Gasteiger partial charge in [0.25, 0.3) is 5.91 Å². The number of hydrogen-bond donors (Lipinski definition) is 0. The van der Waals surface area contributed by atoms with E-state index in [9.17, 15) is 4.79 Å². The van der Waals surface area contributed by atoms with E-state index in [-0.39, 0.29) is 49.2 Å². The molecule has 1 fully saturated rings. The van der Waals surface area contributed by atoms with Gasteiger partial charge in [0.05, 0.1) is 11.8 Å². The molecular formula is C24H31Cl3N4O2. The molecule has 0 N–H and O–H groups in total. The van der Waals surface area contributed by atoms with Gasteiger partial charge in [-0.1, -0.05) is 36.4 Å². The highest BCUT2D eigenvalue weighted by molar-refractivity contribution is 6.05. The number of anilines is 1. The highest BCUT2D eigenvalue weighted by atomic mass is 35.5. The standard InChI is InChI=1S/C24H28N4O2.3ClH/c1-20(17-26-12-14-27(15-13-26)18-21-7-3-2-4-8-21)28(23-9-5-6-11-25-23)24(29)22-10-16-30-19-22;;;/h2-11,16,19-20H,12-15,17-18H2,1H3;3*1H. The molecule has 0 spiro atoms. The second kappa shape index (κ2) is 14.2. The molecule has 0 aliphatic carbocycles. The SMILES string of the molecule is CC(CN1CCN(Cc2ccccc2)CC1)N(C(=O)c1ccoc1)c1ccccn1.Cl.Cl.Cl. The van der Waals surface area contributed by atoms with E-state index in [1.165, 1.54) is 18.1 Å². The van der Waals surface area contributed by atoms with E-state index in [1.54, 1.807) is 17.2 Å². The van der Waals surface area contributed by atoms with E-state index in [2.05, 4.69) is 52.0 Å². The third-order valence-electron chi connectivity index (χ3n) is 5.56. The van der Waals surface area contributed by atoms with Gasteiger partial charge in [0.2, 0.25) is 0 Å². The summed E-state index contributed by atoms with van der Waals surface area (Å²) < 4.78 is 5.13. The first-order valence-electron chi connectivity index (χ1n) is 10.5. The minimum absolute atomic E-state index is 0. The topological polar surface area (TPSA) is 52.8 Å². The number of benzene rings is 1. The highest BCUT2D eigenvalue weighted by Crippen LogP contribution is 2.19. The zero-order valence-corrected chi connectivity index (χ0v) is 21.0. The average molecular weight is 514 g/mol. The van der Waals surface area contributed by atoms with Crippen LogP contribution in [0.4, 0.5) is 5.82 Å². The number of furan rings is 1. The van der Waals surface area contributed by atoms with Crippen LogP contribution in [-0.2, 0) is 6.54 Å². The lowest BCUT2D eigenvalue weighted by Gasteiger charge is -2.38. The second-order valence-electron chi connectivity index (χ2n) is 7.79. The van der Waals surface area contributed by atoms with Crippen molar-refractivity contribution in [3.8, 4) is 0 Å². The van der Waals surface area contributed by atoms with Gasteiger partial charge >= 0.3 is 0 Å². The van der Waals surface area contributed by atoms with E-state index in [1.807, 2.05) is 18.2 Å². The molecule has 3 aromatic rings. The van der Waals surface area contributed by atoms with Gasteiger partial charge in [-0.15, -0.1) is 37.2 Å². The molecule has 1 aliphatic rings. The Morgan fingerprint density at radius 3 is 2.24 bits per heavy atom. The Labute approximate surface area is 214 Å². The monoisotopic (exact) mass is 512 g/mol. The Morgan fingerprint density at radius 1 is 0.970 bits per heavy atom. The Kier molecular flexibility index (Phi) is 12.5. The van der Waals surface area contributed by atoms with Crippen LogP contribution in [0.25, 0.3) is 0 Å². The summed E-state index contributed by atoms with van der Waals surface area (Å²) in [6.07, 6.45) is 4.74. The lowest BCUT2D eigenvalue weighted by Crippen LogP contribution is -2.51. The van der Waals surface area contributed by atoms with Crippen LogP contribution in [0.2, 0.25) is 0 Å². The fraction of sp³-hybridized carbons (Fsp3) is 0.333. The minimum atomic E-state index is -0.0855. The molecule has 1 amide bonds. The van der Waals surface area contributed by atoms with E-state index < -0.39 is 0 Å². The fourth-order valence-corrected chi connectivity index (χ4v) is 3.98. The summed E-state index contributed by atoms with van der Waals surface area (Å²) in [4.78, 5) is 24.3. The molecule has 1 unspecified atom stereocenters. The van der Waals surface area contributed by atoms with Crippen LogP contribution in [0, 0.1) is 0 Å². The van der Waals surface area contributed by atoms with E-state index in [0.717, 1.165) is 39.3 Å². The number of halogens is 3. The van der Waals surface area contributed by atoms with Gasteiger partial charge in [-0.2, -0.15) is 0 Å². The number of carbonyl (C=O) groups excluding carboxylic acids is 1. The number of piperazine rings is 1. The molecular weight excluding hydrogens is 483 g/mol. The van der Waals surface area contributed by atoms with Crippen molar-refractivity contribution in [1.82, 2.24) is 14.8 Å². The molecule has 1 atom stereocenters. The van der Waals surface area contributed by atoms with Crippen molar-refractivity contribution >= 4 is 48.9 Å². The molecule has 1 saturated heterocycles. The highest BCUT2D eigenvalue weighted by Gasteiger charge is 2.27. The van der Waals surface area contributed by atoms with Gasteiger partial charge in [0, 0.05) is 51.5 Å². The van der Waals surface area contributed by atoms with Crippen LogP contribution >= 0.6 is 37.2 Å². The maximum atomic E-state index is 13.1. The maximum Gasteiger partial charge on any atom is 0.262 e. The number of carbonyl (C=O) groups is 1.